The van der Waals surface area contributed by atoms with Crippen LogP contribution in [0.15, 0.2) is 22.7 Å². The Labute approximate surface area is 110 Å². The maximum absolute atomic E-state index is 4.57. The topological polar surface area (TPSA) is 40.7 Å². The molecule has 2 aromatic rings. The van der Waals surface area contributed by atoms with Crippen LogP contribution < -0.4 is 5.32 Å². The summed E-state index contributed by atoms with van der Waals surface area (Å²) in [5.74, 6) is 1.07. The molecule has 0 fully saturated rings. The van der Waals surface area contributed by atoms with Gasteiger partial charge in [0.15, 0.2) is 0 Å². The Morgan fingerprint density at radius 1 is 1.41 bits per heavy atom. The van der Waals surface area contributed by atoms with Gasteiger partial charge in [-0.15, -0.1) is 0 Å². The van der Waals surface area contributed by atoms with Gasteiger partial charge in [0.1, 0.15) is 5.82 Å². The number of fused-ring (bicyclic) bond motifs is 1. The molecule has 0 unspecified atom stereocenters. The van der Waals surface area contributed by atoms with Gasteiger partial charge in [-0.05, 0) is 31.2 Å². The SMILES string of the molecule is CC(C)NCCCc1nc2ccc(Br)cc2[nH]1. The van der Waals surface area contributed by atoms with Crippen molar-refractivity contribution in [3.8, 4) is 0 Å². The van der Waals surface area contributed by atoms with Gasteiger partial charge in [0, 0.05) is 16.9 Å². The van der Waals surface area contributed by atoms with Gasteiger partial charge in [-0.2, -0.15) is 0 Å². The Kier molecular flexibility index (Phi) is 4.18. The summed E-state index contributed by atoms with van der Waals surface area (Å²) in [5.41, 5.74) is 2.14. The lowest BCUT2D eigenvalue weighted by Gasteiger charge is -2.06. The van der Waals surface area contributed by atoms with Crippen LogP contribution in [0.3, 0.4) is 0 Å². The van der Waals surface area contributed by atoms with Crippen molar-refractivity contribution >= 4 is 27.0 Å². The fraction of sp³-hybridized carbons (Fsp3) is 0.462. The summed E-state index contributed by atoms with van der Waals surface area (Å²) in [5, 5.41) is 3.41. The second-order valence-corrected chi connectivity index (χ2v) is 5.47. The highest BCUT2D eigenvalue weighted by Crippen LogP contribution is 2.18. The number of nitrogens with one attached hydrogen (secondary N) is 2. The Morgan fingerprint density at radius 2 is 2.24 bits per heavy atom. The molecule has 1 aromatic carbocycles. The molecule has 3 nitrogen and oxygen atoms in total. The van der Waals surface area contributed by atoms with E-state index in [0.29, 0.717) is 6.04 Å². The monoisotopic (exact) mass is 295 g/mol. The minimum Gasteiger partial charge on any atom is -0.342 e. The Balaban J connectivity index is 1.95. The van der Waals surface area contributed by atoms with Gasteiger partial charge >= 0.3 is 0 Å². The van der Waals surface area contributed by atoms with Crippen molar-refractivity contribution in [2.45, 2.75) is 32.7 Å². The summed E-state index contributed by atoms with van der Waals surface area (Å²) < 4.78 is 1.08. The zero-order valence-electron chi connectivity index (χ0n) is 10.3. The maximum Gasteiger partial charge on any atom is 0.107 e. The second kappa shape index (κ2) is 5.65. The molecule has 0 aliphatic heterocycles. The number of aromatic nitrogens is 2. The van der Waals surface area contributed by atoms with E-state index in [0.717, 1.165) is 40.7 Å². The summed E-state index contributed by atoms with van der Waals surface area (Å²) in [4.78, 5) is 7.92. The average Bonchev–Trinajstić information content (AvgIpc) is 2.66. The number of aromatic amines is 1. The van der Waals surface area contributed by atoms with Crippen molar-refractivity contribution in [1.82, 2.24) is 15.3 Å². The highest BCUT2D eigenvalue weighted by atomic mass is 79.9. The molecule has 2 N–H and O–H groups in total. The van der Waals surface area contributed by atoms with Crippen molar-refractivity contribution < 1.29 is 0 Å². The molecular weight excluding hydrogens is 278 g/mol. The third-order valence-corrected chi connectivity index (χ3v) is 3.13. The van der Waals surface area contributed by atoms with Gasteiger partial charge in [0.25, 0.3) is 0 Å². The zero-order chi connectivity index (χ0) is 12.3. The lowest BCUT2D eigenvalue weighted by atomic mass is 10.3. The molecule has 0 aliphatic rings. The van der Waals surface area contributed by atoms with E-state index >= 15 is 0 Å². The molecule has 0 aliphatic carbocycles. The van der Waals surface area contributed by atoms with E-state index in [2.05, 4.69) is 51.1 Å². The molecule has 92 valence electrons. The van der Waals surface area contributed by atoms with E-state index in [1.165, 1.54) is 0 Å². The number of hydrogen-bond donors (Lipinski definition) is 2. The average molecular weight is 296 g/mol. The molecule has 0 radical (unpaired) electrons. The lowest BCUT2D eigenvalue weighted by molar-refractivity contribution is 0.567. The minimum atomic E-state index is 0.557. The van der Waals surface area contributed by atoms with Gasteiger partial charge in [-0.25, -0.2) is 4.98 Å². The van der Waals surface area contributed by atoms with Crippen LogP contribution >= 0.6 is 15.9 Å². The zero-order valence-corrected chi connectivity index (χ0v) is 11.8. The summed E-state index contributed by atoms with van der Waals surface area (Å²) >= 11 is 3.46. The van der Waals surface area contributed by atoms with Crippen LogP contribution in [-0.2, 0) is 6.42 Å². The number of halogens is 1. The van der Waals surface area contributed by atoms with Crippen LogP contribution in [0, 0.1) is 0 Å². The molecule has 2 rings (SSSR count). The van der Waals surface area contributed by atoms with Crippen LogP contribution in [0.25, 0.3) is 11.0 Å². The Hall–Kier alpha value is -0.870. The van der Waals surface area contributed by atoms with Crippen molar-refractivity contribution in [3.05, 3.63) is 28.5 Å². The second-order valence-electron chi connectivity index (χ2n) is 4.56. The summed E-state index contributed by atoms with van der Waals surface area (Å²) in [6.45, 7) is 5.37. The third kappa shape index (κ3) is 3.54. The smallest absolute Gasteiger partial charge is 0.107 e. The predicted molar refractivity (Wildman–Crippen MR) is 75.3 cm³/mol. The minimum absolute atomic E-state index is 0.557. The van der Waals surface area contributed by atoms with E-state index in [-0.39, 0.29) is 0 Å². The van der Waals surface area contributed by atoms with Crippen LogP contribution in [0.2, 0.25) is 0 Å². The number of aryl methyl sites for hydroxylation is 1. The molecule has 0 saturated heterocycles. The number of hydrogen-bond acceptors (Lipinski definition) is 2. The number of imidazole rings is 1. The van der Waals surface area contributed by atoms with Crippen molar-refractivity contribution in [2.24, 2.45) is 0 Å². The van der Waals surface area contributed by atoms with E-state index in [1.807, 2.05) is 12.1 Å². The molecule has 1 aromatic heterocycles. The lowest BCUT2D eigenvalue weighted by Crippen LogP contribution is -2.24. The molecule has 4 heteroatoms. The highest BCUT2D eigenvalue weighted by molar-refractivity contribution is 9.10. The van der Waals surface area contributed by atoms with E-state index < -0.39 is 0 Å². The quantitative estimate of drug-likeness (QED) is 0.832. The largest absolute Gasteiger partial charge is 0.342 e. The molecule has 1 heterocycles. The van der Waals surface area contributed by atoms with Crippen LogP contribution in [0.4, 0.5) is 0 Å². The fourth-order valence-electron chi connectivity index (χ4n) is 1.80. The van der Waals surface area contributed by atoms with Crippen molar-refractivity contribution in [3.63, 3.8) is 0 Å². The first-order chi connectivity index (χ1) is 8.15. The van der Waals surface area contributed by atoms with Gasteiger partial charge < -0.3 is 10.3 Å². The molecule has 0 amide bonds. The van der Waals surface area contributed by atoms with Gasteiger partial charge in [-0.1, -0.05) is 29.8 Å². The molecule has 0 atom stereocenters. The first-order valence-corrected chi connectivity index (χ1v) is 6.82. The fourth-order valence-corrected chi connectivity index (χ4v) is 2.16. The third-order valence-electron chi connectivity index (χ3n) is 2.64. The Bertz CT molecular complexity index is 490. The number of benzene rings is 1. The van der Waals surface area contributed by atoms with Crippen molar-refractivity contribution in [2.75, 3.05) is 6.54 Å². The molecule has 0 saturated carbocycles. The molecule has 17 heavy (non-hydrogen) atoms. The van der Waals surface area contributed by atoms with Crippen LogP contribution in [-0.4, -0.2) is 22.6 Å². The van der Waals surface area contributed by atoms with Gasteiger partial charge in [0.05, 0.1) is 11.0 Å². The first kappa shape index (κ1) is 12.6. The number of H-pyrrole nitrogens is 1. The molecule has 0 spiro atoms. The number of nitrogens with zero attached hydrogens (tertiary/aromatic N) is 1. The van der Waals surface area contributed by atoms with Crippen LogP contribution in [0.5, 0.6) is 0 Å². The van der Waals surface area contributed by atoms with E-state index in [9.17, 15) is 0 Å². The summed E-state index contributed by atoms with van der Waals surface area (Å²) in [6, 6.07) is 6.68. The standard InChI is InChI=1S/C13H18BrN3/c1-9(2)15-7-3-4-13-16-11-6-5-10(14)8-12(11)17-13/h5-6,8-9,15H,3-4,7H2,1-2H3,(H,16,17). The normalized spacial score (nSPS) is 11.5. The van der Waals surface area contributed by atoms with Crippen LogP contribution in [0.1, 0.15) is 26.1 Å². The summed E-state index contributed by atoms with van der Waals surface area (Å²) in [6.07, 6.45) is 2.10. The van der Waals surface area contributed by atoms with Gasteiger partial charge in [0.2, 0.25) is 0 Å². The summed E-state index contributed by atoms with van der Waals surface area (Å²) in [7, 11) is 0. The molecule has 0 bridgehead atoms. The Morgan fingerprint density at radius 3 is 3.00 bits per heavy atom. The maximum atomic E-state index is 4.57. The predicted octanol–water partition coefficient (Wildman–Crippen LogP) is 3.26. The first-order valence-electron chi connectivity index (χ1n) is 6.02. The van der Waals surface area contributed by atoms with E-state index in [4.69, 9.17) is 0 Å². The molecular formula is C13H18BrN3. The van der Waals surface area contributed by atoms with Gasteiger partial charge in [-0.3, -0.25) is 0 Å². The highest BCUT2D eigenvalue weighted by Gasteiger charge is 2.03. The van der Waals surface area contributed by atoms with Crippen molar-refractivity contribution in [1.29, 1.82) is 0 Å². The number of rotatable bonds is 5. The van der Waals surface area contributed by atoms with E-state index in [1.54, 1.807) is 0 Å².